The zero-order valence-corrected chi connectivity index (χ0v) is 17.4. The summed E-state index contributed by atoms with van der Waals surface area (Å²) in [5, 5.41) is 3.50. The molecule has 25 heavy (non-hydrogen) atoms. The Morgan fingerprint density at radius 3 is 2.48 bits per heavy atom. The van der Waals surface area contributed by atoms with Crippen molar-refractivity contribution in [3.63, 3.8) is 0 Å². The van der Waals surface area contributed by atoms with Gasteiger partial charge in [0.25, 0.3) is 0 Å². The van der Waals surface area contributed by atoms with Crippen LogP contribution in [0.1, 0.15) is 85.0 Å². The van der Waals surface area contributed by atoms with E-state index < -0.39 is 0 Å². The van der Waals surface area contributed by atoms with Crippen molar-refractivity contribution in [3.8, 4) is 0 Å². The van der Waals surface area contributed by atoms with E-state index in [1.807, 2.05) is 0 Å². The van der Waals surface area contributed by atoms with E-state index in [4.69, 9.17) is 0 Å². The van der Waals surface area contributed by atoms with Crippen molar-refractivity contribution >= 4 is 0 Å². The van der Waals surface area contributed by atoms with Crippen LogP contribution in [0.3, 0.4) is 0 Å². The van der Waals surface area contributed by atoms with Crippen LogP contribution in [0.25, 0.3) is 0 Å². The van der Waals surface area contributed by atoms with Gasteiger partial charge in [0.2, 0.25) is 0 Å². The molecule has 2 aliphatic carbocycles. The molecule has 0 bridgehead atoms. The van der Waals surface area contributed by atoms with E-state index in [0.29, 0.717) is 0 Å². The number of allylic oxidation sites excluding steroid dienone is 4. The lowest BCUT2D eigenvalue weighted by Crippen LogP contribution is -2.32. The van der Waals surface area contributed by atoms with Crippen molar-refractivity contribution in [2.45, 2.75) is 85.0 Å². The molecule has 1 saturated carbocycles. The molecular weight excluding hydrogens is 302 g/mol. The van der Waals surface area contributed by atoms with E-state index in [2.05, 4.69) is 51.4 Å². The van der Waals surface area contributed by atoms with Crippen LogP contribution < -0.4 is 5.32 Å². The Hall–Kier alpha value is -0.560. The lowest BCUT2D eigenvalue weighted by Gasteiger charge is -2.36. The van der Waals surface area contributed by atoms with Crippen LogP contribution in [-0.4, -0.2) is 13.6 Å². The summed E-state index contributed by atoms with van der Waals surface area (Å²) in [6.07, 6.45) is 21.6. The Bertz CT molecular complexity index is 414. The molecule has 2 rings (SSSR count). The lowest BCUT2D eigenvalue weighted by molar-refractivity contribution is 0.230. The first-order chi connectivity index (χ1) is 12.2. The van der Waals surface area contributed by atoms with Gasteiger partial charge in [0, 0.05) is 0 Å². The highest BCUT2D eigenvalue weighted by Crippen LogP contribution is 2.39. The highest BCUT2D eigenvalue weighted by Gasteiger charge is 2.29. The summed E-state index contributed by atoms with van der Waals surface area (Å²) in [6, 6.07) is 0. The van der Waals surface area contributed by atoms with Gasteiger partial charge in [-0.15, -0.1) is 0 Å². The highest BCUT2D eigenvalue weighted by molar-refractivity contribution is 5.14. The average Bonchev–Trinajstić information content (AvgIpc) is 2.63. The first-order valence-electron chi connectivity index (χ1n) is 11.1. The topological polar surface area (TPSA) is 12.0 Å². The summed E-state index contributed by atoms with van der Waals surface area (Å²) in [5.41, 5.74) is 1.80. The maximum atomic E-state index is 3.50. The zero-order valence-electron chi connectivity index (χ0n) is 17.4. The molecule has 0 aromatic heterocycles. The molecule has 0 radical (unpaired) electrons. The van der Waals surface area contributed by atoms with Gasteiger partial charge < -0.3 is 5.32 Å². The third-order valence-corrected chi connectivity index (χ3v) is 6.85. The Labute approximate surface area is 157 Å². The quantitative estimate of drug-likeness (QED) is 0.455. The second kappa shape index (κ2) is 11.2. The maximum absolute atomic E-state index is 3.50. The van der Waals surface area contributed by atoms with E-state index in [1.54, 1.807) is 5.57 Å². The predicted octanol–water partition coefficient (Wildman–Crippen LogP) is 6.76. The minimum Gasteiger partial charge on any atom is -0.319 e. The lowest BCUT2D eigenvalue weighted by atomic mass is 9.71. The molecule has 2 aliphatic rings. The monoisotopic (exact) mass is 345 g/mol. The number of nitrogens with one attached hydrogen (secondary N) is 1. The Morgan fingerprint density at radius 1 is 1.16 bits per heavy atom. The number of hydrogen-bond acceptors (Lipinski definition) is 1. The van der Waals surface area contributed by atoms with Gasteiger partial charge in [0.1, 0.15) is 0 Å². The predicted molar refractivity (Wildman–Crippen MR) is 112 cm³/mol. The van der Waals surface area contributed by atoms with Crippen LogP contribution in [0.5, 0.6) is 0 Å². The number of hydrogen-bond donors (Lipinski definition) is 1. The Balaban J connectivity index is 2.05. The fraction of sp³-hybridized carbons (Fsp3) is 0.833. The second-order valence-corrected chi connectivity index (χ2v) is 8.99. The van der Waals surface area contributed by atoms with E-state index in [9.17, 15) is 0 Å². The Kier molecular flexibility index (Phi) is 9.31. The van der Waals surface area contributed by atoms with E-state index in [-0.39, 0.29) is 0 Å². The third kappa shape index (κ3) is 6.59. The van der Waals surface area contributed by atoms with Crippen molar-refractivity contribution in [1.29, 1.82) is 0 Å². The van der Waals surface area contributed by atoms with Crippen LogP contribution in [0, 0.1) is 29.6 Å². The minimum atomic E-state index is 0.762. The van der Waals surface area contributed by atoms with Crippen LogP contribution in [0.15, 0.2) is 23.8 Å². The molecule has 1 nitrogen and oxygen atoms in total. The average molecular weight is 346 g/mol. The molecule has 1 heteroatoms. The van der Waals surface area contributed by atoms with Gasteiger partial charge in [-0.3, -0.25) is 0 Å². The molecule has 0 heterocycles. The first-order valence-corrected chi connectivity index (χ1v) is 11.1. The van der Waals surface area contributed by atoms with Crippen LogP contribution >= 0.6 is 0 Å². The van der Waals surface area contributed by atoms with Gasteiger partial charge in [-0.2, -0.15) is 0 Å². The molecule has 1 fully saturated rings. The minimum absolute atomic E-state index is 0.762. The molecule has 3 atom stereocenters. The van der Waals surface area contributed by atoms with Crippen molar-refractivity contribution in [1.82, 2.24) is 5.32 Å². The van der Waals surface area contributed by atoms with Gasteiger partial charge >= 0.3 is 0 Å². The SMILES string of the molecule is C/C=C\C1CC=C(C(CCC2CCCCC2)C(CNC)C(C)C)CC1. The van der Waals surface area contributed by atoms with Crippen molar-refractivity contribution in [2.75, 3.05) is 13.6 Å². The fourth-order valence-corrected chi connectivity index (χ4v) is 5.30. The molecular formula is C24H43N. The first kappa shape index (κ1) is 20.7. The summed E-state index contributed by atoms with van der Waals surface area (Å²) in [7, 11) is 2.13. The summed E-state index contributed by atoms with van der Waals surface area (Å²) in [6.45, 7) is 8.19. The molecule has 0 spiro atoms. The maximum Gasteiger partial charge on any atom is -0.00153 e. The van der Waals surface area contributed by atoms with Gasteiger partial charge in [-0.05, 0) is 82.2 Å². The van der Waals surface area contributed by atoms with Gasteiger partial charge in [0.05, 0.1) is 0 Å². The van der Waals surface area contributed by atoms with E-state index in [0.717, 1.165) is 29.6 Å². The van der Waals surface area contributed by atoms with Crippen molar-refractivity contribution in [3.05, 3.63) is 23.8 Å². The van der Waals surface area contributed by atoms with Crippen LogP contribution in [-0.2, 0) is 0 Å². The standard InChI is InChI=1S/C24H43N/c1-5-9-20-12-15-22(16-13-20)23(24(18-25-4)19(2)3)17-14-21-10-7-6-8-11-21/h5,9,15,19-21,23-25H,6-8,10-14,16-18H2,1-4H3/b9-5-. The molecule has 0 aliphatic heterocycles. The van der Waals surface area contributed by atoms with Crippen LogP contribution in [0.2, 0.25) is 0 Å². The highest BCUT2D eigenvalue weighted by atomic mass is 14.8. The fourth-order valence-electron chi connectivity index (χ4n) is 5.30. The zero-order chi connectivity index (χ0) is 18.1. The summed E-state index contributed by atoms with van der Waals surface area (Å²) >= 11 is 0. The van der Waals surface area contributed by atoms with Gasteiger partial charge in [0.15, 0.2) is 0 Å². The molecule has 0 saturated heterocycles. The summed E-state index contributed by atoms with van der Waals surface area (Å²) in [5.74, 6) is 4.16. The molecule has 3 unspecified atom stereocenters. The van der Waals surface area contributed by atoms with E-state index >= 15 is 0 Å². The molecule has 1 N–H and O–H groups in total. The molecule has 144 valence electrons. The van der Waals surface area contributed by atoms with Crippen molar-refractivity contribution < 1.29 is 0 Å². The van der Waals surface area contributed by atoms with E-state index in [1.165, 1.54) is 70.8 Å². The summed E-state index contributed by atoms with van der Waals surface area (Å²) in [4.78, 5) is 0. The molecule has 0 aromatic rings. The van der Waals surface area contributed by atoms with Crippen molar-refractivity contribution in [2.24, 2.45) is 29.6 Å². The normalized spacial score (nSPS) is 25.3. The van der Waals surface area contributed by atoms with Gasteiger partial charge in [-0.25, -0.2) is 0 Å². The molecule has 0 amide bonds. The second-order valence-electron chi connectivity index (χ2n) is 8.99. The third-order valence-electron chi connectivity index (χ3n) is 6.85. The Morgan fingerprint density at radius 2 is 1.92 bits per heavy atom. The smallest absolute Gasteiger partial charge is 0.00153 e. The largest absolute Gasteiger partial charge is 0.319 e. The number of rotatable bonds is 9. The summed E-state index contributed by atoms with van der Waals surface area (Å²) < 4.78 is 0. The molecule has 0 aromatic carbocycles. The van der Waals surface area contributed by atoms with Crippen LogP contribution in [0.4, 0.5) is 0 Å². The van der Waals surface area contributed by atoms with Gasteiger partial charge in [-0.1, -0.05) is 69.8 Å².